The normalized spacial score (nSPS) is 25.2. The van der Waals surface area contributed by atoms with E-state index in [0.717, 1.165) is 16.6 Å². The molecule has 1 aliphatic carbocycles. The van der Waals surface area contributed by atoms with Crippen molar-refractivity contribution in [3.05, 3.63) is 78.1 Å². The van der Waals surface area contributed by atoms with Crippen molar-refractivity contribution in [2.75, 3.05) is 26.2 Å². The highest BCUT2D eigenvalue weighted by atomic mass is 32.2. The molecule has 3 heterocycles. The summed E-state index contributed by atoms with van der Waals surface area (Å²) in [5.74, 6) is 0.875. The van der Waals surface area contributed by atoms with Gasteiger partial charge in [0.05, 0.1) is 4.90 Å². The number of aromatic amines is 1. The number of H-pyrrole nitrogens is 1. The van der Waals surface area contributed by atoms with E-state index in [1.54, 1.807) is 58.9 Å². The molecule has 0 radical (unpaired) electrons. The van der Waals surface area contributed by atoms with Crippen LogP contribution < -0.4 is 0 Å². The summed E-state index contributed by atoms with van der Waals surface area (Å²) in [6, 6.07) is 18.2. The maximum Gasteiger partial charge on any atom is 0.253 e. The quantitative estimate of drug-likeness (QED) is 0.447. The van der Waals surface area contributed by atoms with Crippen molar-refractivity contribution in [3.63, 3.8) is 0 Å². The van der Waals surface area contributed by atoms with E-state index >= 15 is 0 Å². The molecule has 3 aromatic carbocycles. The molecule has 1 aromatic heterocycles. The lowest BCUT2D eigenvalue weighted by molar-refractivity contribution is 0.0629. The SMILES string of the molecule is O=C(c1ccc2n[nH]nc2c1)N1C[C@@H]2[C@H](C1)[C@H]1CN(S(=O)(=O)c3ccc(-c4ccc(F)cc4)cc3)C[C@@H]21. The molecule has 1 N–H and O–H groups in total. The summed E-state index contributed by atoms with van der Waals surface area (Å²) in [5, 5.41) is 10.7. The number of hydrogen-bond acceptors (Lipinski definition) is 5. The Kier molecular flexibility index (Phi) is 4.99. The molecule has 3 aliphatic rings. The Balaban J connectivity index is 1.03. The fourth-order valence-electron chi connectivity index (χ4n) is 6.46. The van der Waals surface area contributed by atoms with Crippen LogP contribution in [0.5, 0.6) is 0 Å². The number of sulfonamides is 1. The number of aromatic nitrogens is 3. The third-order valence-electron chi connectivity index (χ3n) is 8.41. The highest BCUT2D eigenvalue weighted by molar-refractivity contribution is 7.89. The minimum atomic E-state index is -3.61. The van der Waals surface area contributed by atoms with Crippen LogP contribution in [0.2, 0.25) is 0 Å². The second-order valence-corrected chi connectivity index (χ2v) is 12.2. The van der Waals surface area contributed by atoms with Gasteiger partial charge in [0.25, 0.3) is 5.91 Å². The molecule has 1 amide bonds. The number of nitrogens with one attached hydrogen (secondary N) is 1. The van der Waals surface area contributed by atoms with E-state index < -0.39 is 10.0 Å². The number of hydrogen-bond donors (Lipinski definition) is 1. The fourth-order valence-corrected chi connectivity index (χ4v) is 7.98. The van der Waals surface area contributed by atoms with Crippen LogP contribution in [-0.2, 0) is 10.0 Å². The Morgan fingerprint density at radius 1 is 0.784 bits per heavy atom. The third-order valence-corrected chi connectivity index (χ3v) is 10.3. The molecule has 3 fully saturated rings. The maximum absolute atomic E-state index is 13.4. The van der Waals surface area contributed by atoms with Crippen LogP contribution in [-0.4, -0.2) is 65.1 Å². The Hall–Kier alpha value is -3.63. The van der Waals surface area contributed by atoms with Crippen molar-refractivity contribution in [3.8, 4) is 11.1 Å². The van der Waals surface area contributed by atoms with Crippen molar-refractivity contribution < 1.29 is 17.6 Å². The van der Waals surface area contributed by atoms with Gasteiger partial charge in [0.2, 0.25) is 10.0 Å². The van der Waals surface area contributed by atoms with Crippen molar-refractivity contribution in [2.24, 2.45) is 23.7 Å². The van der Waals surface area contributed by atoms with Gasteiger partial charge in [-0.2, -0.15) is 19.7 Å². The molecule has 0 bridgehead atoms. The molecule has 37 heavy (non-hydrogen) atoms. The van der Waals surface area contributed by atoms with Gasteiger partial charge in [-0.25, -0.2) is 12.8 Å². The lowest BCUT2D eigenvalue weighted by Gasteiger charge is -2.42. The number of fused-ring (bicyclic) bond motifs is 5. The molecule has 0 unspecified atom stereocenters. The Bertz CT molecular complexity index is 1600. The summed E-state index contributed by atoms with van der Waals surface area (Å²) in [6.07, 6.45) is 0. The topological polar surface area (TPSA) is 99.3 Å². The van der Waals surface area contributed by atoms with Crippen LogP contribution in [0.3, 0.4) is 0 Å². The molecule has 188 valence electrons. The molecular formula is C27H24FN5O3S. The molecule has 8 nitrogen and oxygen atoms in total. The van der Waals surface area contributed by atoms with Crippen LogP contribution >= 0.6 is 0 Å². The lowest BCUT2D eigenvalue weighted by Crippen LogP contribution is -2.44. The van der Waals surface area contributed by atoms with Gasteiger partial charge in [-0.3, -0.25) is 4.79 Å². The van der Waals surface area contributed by atoms with Crippen molar-refractivity contribution in [2.45, 2.75) is 4.90 Å². The molecular weight excluding hydrogens is 493 g/mol. The number of carbonyl (C=O) groups is 1. The van der Waals surface area contributed by atoms with E-state index in [-0.39, 0.29) is 28.5 Å². The number of benzene rings is 3. The molecule has 7 rings (SSSR count). The van der Waals surface area contributed by atoms with E-state index in [0.29, 0.717) is 49.1 Å². The average Bonchev–Trinajstić information content (AvgIpc) is 3.63. The number of nitrogens with zero attached hydrogens (tertiary/aromatic N) is 4. The highest BCUT2D eigenvalue weighted by Crippen LogP contribution is 2.55. The van der Waals surface area contributed by atoms with E-state index in [1.807, 2.05) is 4.90 Å². The number of rotatable bonds is 4. The predicted molar refractivity (Wildman–Crippen MR) is 134 cm³/mol. The van der Waals surface area contributed by atoms with Crippen molar-refractivity contribution >= 4 is 27.0 Å². The summed E-state index contributed by atoms with van der Waals surface area (Å²) >= 11 is 0. The number of likely N-dealkylation sites (tertiary alicyclic amines) is 1. The molecule has 2 saturated heterocycles. The summed E-state index contributed by atoms with van der Waals surface area (Å²) in [5.41, 5.74) is 3.65. The van der Waals surface area contributed by atoms with Crippen LogP contribution in [0.15, 0.2) is 71.6 Å². The smallest absolute Gasteiger partial charge is 0.253 e. The molecule has 2 aliphatic heterocycles. The Morgan fingerprint density at radius 2 is 1.35 bits per heavy atom. The Labute approximate surface area is 213 Å². The second-order valence-electron chi connectivity index (χ2n) is 10.2. The minimum Gasteiger partial charge on any atom is -0.338 e. The fraction of sp³-hybridized carbons (Fsp3) is 0.296. The highest BCUT2D eigenvalue weighted by Gasteiger charge is 2.60. The molecule has 10 heteroatoms. The van der Waals surface area contributed by atoms with Crippen LogP contribution in [0, 0.1) is 29.5 Å². The minimum absolute atomic E-state index is 0.0110. The zero-order valence-electron chi connectivity index (χ0n) is 19.8. The molecule has 4 atom stereocenters. The first-order valence-electron chi connectivity index (χ1n) is 12.3. The van der Waals surface area contributed by atoms with E-state index in [2.05, 4.69) is 15.4 Å². The summed E-state index contributed by atoms with van der Waals surface area (Å²) in [7, 11) is -3.61. The zero-order chi connectivity index (χ0) is 25.3. The first-order chi connectivity index (χ1) is 17.9. The average molecular weight is 518 g/mol. The largest absolute Gasteiger partial charge is 0.338 e. The van der Waals surface area contributed by atoms with Gasteiger partial charge in [-0.15, -0.1) is 0 Å². The maximum atomic E-state index is 13.4. The van der Waals surface area contributed by atoms with Gasteiger partial charge >= 0.3 is 0 Å². The Morgan fingerprint density at radius 3 is 2.00 bits per heavy atom. The van der Waals surface area contributed by atoms with Crippen LogP contribution in [0.1, 0.15) is 10.4 Å². The summed E-state index contributed by atoms with van der Waals surface area (Å²) < 4.78 is 41.6. The number of halogens is 1. The summed E-state index contributed by atoms with van der Waals surface area (Å²) in [6.45, 7) is 2.28. The van der Waals surface area contributed by atoms with E-state index in [9.17, 15) is 17.6 Å². The first kappa shape index (κ1) is 22.6. The van der Waals surface area contributed by atoms with Crippen molar-refractivity contribution in [1.82, 2.24) is 24.6 Å². The predicted octanol–water partition coefficient (Wildman–Crippen LogP) is 3.40. The second kappa shape index (κ2) is 8.19. The van der Waals surface area contributed by atoms with Crippen LogP contribution in [0.4, 0.5) is 4.39 Å². The zero-order valence-corrected chi connectivity index (χ0v) is 20.6. The number of amides is 1. The van der Waals surface area contributed by atoms with Gasteiger partial charge < -0.3 is 4.90 Å². The van der Waals surface area contributed by atoms with Gasteiger partial charge in [0.15, 0.2) is 0 Å². The van der Waals surface area contributed by atoms with E-state index in [1.165, 1.54) is 12.1 Å². The lowest BCUT2D eigenvalue weighted by atomic mass is 9.60. The van der Waals surface area contributed by atoms with Crippen LogP contribution in [0.25, 0.3) is 22.2 Å². The van der Waals surface area contributed by atoms with Gasteiger partial charge in [-0.1, -0.05) is 24.3 Å². The monoisotopic (exact) mass is 517 g/mol. The molecule has 0 spiro atoms. The number of carbonyl (C=O) groups excluding carboxylic acids is 1. The summed E-state index contributed by atoms with van der Waals surface area (Å²) in [4.78, 5) is 15.3. The molecule has 1 saturated carbocycles. The third kappa shape index (κ3) is 3.58. The van der Waals surface area contributed by atoms with Gasteiger partial charge in [-0.05, 0) is 77.3 Å². The van der Waals surface area contributed by atoms with Gasteiger partial charge in [0.1, 0.15) is 16.9 Å². The van der Waals surface area contributed by atoms with Crippen molar-refractivity contribution in [1.29, 1.82) is 0 Å². The van der Waals surface area contributed by atoms with E-state index in [4.69, 9.17) is 0 Å². The first-order valence-corrected chi connectivity index (χ1v) is 13.8. The van der Waals surface area contributed by atoms with Gasteiger partial charge in [0, 0.05) is 31.7 Å². The standard InChI is InChI=1S/C27H24FN5O3S/c28-19-6-1-16(2-7-19)17-3-8-20(9-4-17)37(35,36)33-14-23-21-12-32(13-22(21)24(23)15-33)27(34)18-5-10-25-26(11-18)30-31-29-25/h1-11,21-24H,12-15H2,(H,29,30,31)/t21-,22+,23+,24-. The molecule has 4 aromatic rings.